The Morgan fingerprint density at radius 3 is 2.76 bits per heavy atom. The molecule has 116 valence electrons. The predicted octanol–water partition coefficient (Wildman–Crippen LogP) is 3.75. The van der Waals surface area contributed by atoms with Gasteiger partial charge in [0.25, 0.3) is 0 Å². The van der Waals surface area contributed by atoms with Gasteiger partial charge in [0.2, 0.25) is 0 Å². The number of carbonyl (C=O) groups is 1. The van der Waals surface area contributed by atoms with Crippen LogP contribution in [-0.2, 0) is 16.1 Å². The van der Waals surface area contributed by atoms with Gasteiger partial charge in [-0.3, -0.25) is 0 Å². The second kappa shape index (κ2) is 9.19. The molecule has 0 spiro atoms. The minimum absolute atomic E-state index is 0.524. The Labute approximate surface area is 126 Å². The van der Waals surface area contributed by atoms with Crippen LogP contribution >= 0.6 is 0 Å². The maximum absolute atomic E-state index is 10.6. The van der Waals surface area contributed by atoms with Gasteiger partial charge < -0.3 is 14.6 Å². The third-order valence-corrected chi connectivity index (χ3v) is 3.04. The molecule has 0 saturated carbocycles. The standard InChI is InChI=1S/C17H24O4/c1-13(2)5-4-10-21-12-14-6-8-16(20-3)15(11-14)7-9-17(18)19/h6-9,11,13H,4-5,10,12H2,1-3H3,(H,18,19). The molecule has 1 aromatic carbocycles. The van der Waals surface area contributed by atoms with E-state index in [1.807, 2.05) is 18.2 Å². The molecular weight excluding hydrogens is 268 g/mol. The number of aliphatic carboxylic acids is 1. The van der Waals surface area contributed by atoms with Gasteiger partial charge >= 0.3 is 5.97 Å². The van der Waals surface area contributed by atoms with Gasteiger partial charge in [-0.1, -0.05) is 19.9 Å². The van der Waals surface area contributed by atoms with E-state index >= 15 is 0 Å². The third kappa shape index (κ3) is 6.95. The molecule has 1 aromatic rings. The molecule has 0 fully saturated rings. The van der Waals surface area contributed by atoms with Crippen LogP contribution in [0.4, 0.5) is 0 Å². The van der Waals surface area contributed by atoms with E-state index in [0.717, 1.165) is 36.7 Å². The first-order valence-electron chi connectivity index (χ1n) is 7.18. The normalized spacial score (nSPS) is 11.2. The van der Waals surface area contributed by atoms with Crippen LogP contribution in [-0.4, -0.2) is 24.8 Å². The van der Waals surface area contributed by atoms with Crippen molar-refractivity contribution in [2.45, 2.75) is 33.3 Å². The largest absolute Gasteiger partial charge is 0.496 e. The number of hydrogen-bond acceptors (Lipinski definition) is 3. The molecule has 0 aliphatic rings. The minimum Gasteiger partial charge on any atom is -0.496 e. The molecule has 0 atom stereocenters. The molecule has 0 unspecified atom stereocenters. The van der Waals surface area contributed by atoms with Crippen LogP contribution in [0.5, 0.6) is 5.75 Å². The smallest absolute Gasteiger partial charge is 0.328 e. The quantitative estimate of drug-likeness (QED) is 0.556. The molecule has 4 nitrogen and oxygen atoms in total. The Balaban J connectivity index is 2.59. The summed E-state index contributed by atoms with van der Waals surface area (Å²) >= 11 is 0. The van der Waals surface area contributed by atoms with E-state index in [1.165, 1.54) is 6.08 Å². The van der Waals surface area contributed by atoms with Crippen LogP contribution in [0.3, 0.4) is 0 Å². The van der Waals surface area contributed by atoms with Crippen molar-refractivity contribution in [3.63, 3.8) is 0 Å². The fraction of sp³-hybridized carbons (Fsp3) is 0.471. The van der Waals surface area contributed by atoms with Crippen LogP contribution in [0.2, 0.25) is 0 Å². The van der Waals surface area contributed by atoms with Crippen LogP contribution in [0.1, 0.15) is 37.8 Å². The maximum atomic E-state index is 10.6. The second-order valence-electron chi connectivity index (χ2n) is 5.34. The second-order valence-corrected chi connectivity index (χ2v) is 5.34. The molecule has 0 bridgehead atoms. The van der Waals surface area contributed by atoms with E-state index in [4.69, 9.17) is 14.6 Å². The summed E-state index contributed by atoms with van der Waals surface area (Å²) in [5.41, 5.74) is 1.74. The Bertz CT molecular complexity index is 478. The first-order valence-corrected chi connectivity index (χ1v) is 7.18. The van der Waals surface area contributed by atoms with Crippen molar-refractivity contribution in [2.24, 2.45) is 5.92 Å². The summed E-state index contributed by atoms with van der Waals surface area (Å²) in [7, 11) is 1.57. The summed E-state index contributed by atoms with van der Waals surface area (Å²) in [6, 6.07) is 5.65. The molecule has 4 heteroatoms. The lowest BCUT2D eigenvalue weighted by Gasteiger charge is -2.09. The lowest BCUT2D eigenvalue weighted by Crippen LogP contribution is -1.99. The van der Waals surface area contributed by atoms with Gasteiger partial charge in [-0.25, -0.2) is 4.79 Å². The van der Waals surface area contributed by atoms with Gasteiger partial charge in [0.05, 0.1) is 13.7 Å². The number of benzene rings is 1. The molecule has 0 aliphatic carbocycles. The average molecular weight is 292 g/mol. The van der Waals surface area contributed by atoms with Crippen LogP contribution in [0.15, 0.2) is 24.3 Å². The number of hydrogen-bond donors (Lipinski definition) is 1. The molecular formula is C17H24O4. The molecule has 1 N–H and O–H groups in total. The molecule has 21 heavy (non-hydrogen) atoms. The van der Waals surface area contributed by atoms with E-state index in [-0.39, 0.29) is 0 Å². The van der Waals surface area contributed by atoms with Crippen molar-refractivity contribution in [3.8, 4) is 5.75 Å². The van der Waals surface area contributed by atoms with E-state index in [9.17, 15) is 4.79 Å². The summed E-state index contributed by atoms with van der Waals surface area (Å²) in [6.45, 7) is 5.66. The average Bonchev–Trinajstić information content (AvgIpc) is 2.44. The van der Waals surface area contributed by atoms with Crippen LogP contribution in [0, 0.1) is 5.92 Å². The monoisotopic (exact) mass is 292 g/mol. The molecule has 0 amide bonds. The zero-order valence-electron chi connectivity index (χ0n) is 13.0. The zero-order valence-corrected chi connectivity index (χ0v) is 13.0. The van der Waals surface area contributed by atoms with E-state index in [2.05, 4.69) is 13.8 Å². The van der Waals surface area contributed by atoms with Gasteiger partial charge in [-0.05, 0) is 42.5 Å². The summed E-state index contributed by atoms with van der Waals surface area (Å²) in [6.07, 6.45) is 4.85. The lowest BCUT2D eigenvalue weighted by molar-refractivity contribution is -0.131. The Kier molecular flexibility index (Phi) is 7.54. The molecule has 0 aliphatic heterocycles. The SMILES string of the molecule is COc1ccc(COCCCC(C)C)cc1C=CC(=O)O. The predicted molar refractivity (Wildman–Crippen MR) is 83.4 cm³/mol. The zero-order chi connectivity index (χ0) is 15.7. The first-order chi connectivity index (χ1) is 10.0. The van der Waals surface area contributed by atoms with Crippen molar-refractivity contribution in [2.75, 3.05) is 13.7 Å². The van der Waals surface area contributed by atoms with E-state index in [0.29, 0.717) is 18.3 Å². The first kappa shape index (κ1) is 17.2. The maximum Gasteiger partial charge on any atom is 0.328 e. The molecule has 0 saturated heterocycles. The topological polar surface area (TPSA) is 55.8 Å². The van der Waals surface area contributed by atoms with Crippen molar-refractivity contribution < 1.29 is 19.4 Å². The highest BCUT2D eigenvalue weighted by atomic mass is 16.5. The van der Waals surface area contributed by atoms with Gasteiger partial charge in [0.15, 0.2) is 0 Å². The Hall–Kier alpha value is -1.81. The number of rotatable bonds is 9. The highest BCUT2D eigenvalue weighted by Crippen LogP contribution is 2.22. The van der Waals surface area contributed by atoms with Gasteiger partial charge in [0.1, 0.15) is 5.75 Å². The van der Waals surface area contributed by atoms with Crippen molar-refractivity contribution in [3.05, 3.63) is 35.4 Å². The van der Waals surface area contributed by atoms with Gasteiger partial charge in [0, 0.05) is 18.2 Å². The van der Waals surface area contributed by atoms with Gasteiger partial charge in [-0.15, -0.1) is 0 Å². The summed E-state index contributed by atoms with van der Waals surface area (Å²) in [5.74, 6) is 0.366. The fourth-order valence-corrected chi connectivity index (χ4v) is 1.95. The molecule has 1 rings (SSSR count). The van der Waals surface area contributed by atoms with Crippen molar-refractivity contribution in [1.29, 1.82) is 0 Å². The minimum atomic E-state index is -0.979. The molecule has 0 heterocycles. The van der Waals surface area contributed by atoms with E-state index < -0.39 is 5.97 Å². The molecule has 0 aromatic heterocycles. The van der Waals surface area contributed by atoms with E-state index in [1.54, 1.807) is 7.11 Å². The highest BCUT2D eigenvalue weighted by Gasteiger charge is 2.03. The number of carboxylic acids is 1. The Morgan fingerprint density at radius 2 is 2.14 bits per heavy atom. The fourth-order valence-electron chi connectivity index (χ4n) is 1.95. The number of carboxylic acid groups (broad SMARTS) is 1. The highest BCUT2D eigenvalue weighted by molar-refractivity contribution is 5.85. The lowest BCUT2D eigenvalue weighted by atomic mass is 10.1. The van der Waals surface area contributed by atoms with Crippen LogP contribution in [0.25, 0.3) is 6.08 Å². The van der Waals surface area contributed by atoms with Crippen molar-refractivity contribution >= 4 is 12.0 Å². The number of methoxy groups -OCH3 is 1. The summed E-state index contributed by atoms with van der Waals surface area (Å²) in [4.78, 5) is 10.6. The summed E-state index contributed by atoms with van der Waals surface area (Å²) < 4.78 is 10.9. The third-order valence-electron chi connectivity index (χ3n) is 3.04. The molecule has 0 radical (unpaired) electrons. The van der Waals surface area contributed by atoms with Crippen molar-refractivity contribution in [1.82, 2.24) is 0 Å². The Morgan fingerprint density at radius 1 is 1.38 bits per heavy atom. The summed E-state index contributed by atoms with van der Waals surface area (Å²) in [5, 5.41) is 8.70. The van der Waals surface area contributed by atoms with Gasteiger partial charge in [-0.2, -0.15) is 0 Å². The number of ether oxygens (including phenoxy) is 2. The van der Waals surface area contributed by atoms with Crippen LogP contribution < -0.4 is 4.74 Å².